The number of hydrogen-bond acceptors (Lipinski definition) is 2. The first kappa shape index (κ1) is 16.2. The normalized spacial score (nSPS) is 11.5. The fourth-order valence-corrected chi connectivity index (χ4v) is 1.70. The number of carbonyl (C=O) groups is 1. The third kappa shape index (κ3) is 4.94. The van der Waals surface area contributed by atoms with Gasteiger partial charge in [-0.2, -0.15) is 0 Å². The first-order chi connectivity index (χ1) is 7.54. The van der Waals surface area contributed by atoms with E-state index in [1.165, 1.54) is 0 Å². The largest absolute Gasteiger partial charge is 0.337 e. The van der Waals surface area contributed by atoms with Gasteiger partial charge >= 0.3 is 0 Å². The predicted molar refractivity (Wildman–Crippen MR) is 73.4 cm³/mol. The van der Waals surface area contributed by atoms with Crippen LogP contribution in [0.15, 0.2) is 24.3 Å². The average Bonchev–Trinajstić information content (AvgIpc) is 2.25. The van der Waals surface area contributed by atoms with Crippen LogP contribution in [0.3, 0.4) is 0 Å². The van der Waals surface area contributed by atoms with Crippen molar-refractivity contribution < 1.29 is 4.79 Å². The van der Waals surface area contributed by atoms with Crippen LogP contribution in [-0.4, -0.2) is 23.4 Å². The topological polar surface area (TPSA) is 46.3 Å². The summed E-state index contributed by atoms with van der Waals surface area (Å²) >= 11 is 5.89. The lowest BCUT2D eigenvalue weighted by Crippen LogP contribution is -2.41. The third-order valence-electron chi connectivity index (χ3n) is 2.35. The van der Waals surface area contributed by atoms with Crippen molar-refractivity contribution in [2.24, 2.45) is 5.73 Å². The molecular weight excluding hydrogens is 259 g/mol. The number of benzene rings is 1. The van der Waals surface area contributed by atoms with Crippen molar-refractivity contribution >= 4 is 29.9 Å². The standard InChI is InChI=1S/C12H17ClN2O.ClH/c1-3-15(12(16)9(2)14)8-10-5-4-6-11(13)7-10;/h4-7,9H,3,8,14H2,1-2H3;1H/t9-;/m1./s1. The van der Waals surface area contributed by atoms with Crippen LogP contribution in [0, 0.1) is 0 Å². The van der Waals surface area contributed by atoms with Crippen LogP contribution in [0.1, 0.15) is 19.4 Å². The molecule has 0 heterocycles. The Morgan fingerprint density at radius 2 is 2.18 bits per heavy atom. The maximum atomic E-state index is 11.7. The molecule has 0 aliphatic rings. The number of rotatable bonds is 4. The summed E-state index contributed by atoms with van der Waals surface area (Å²) in [5, 5.41) is 0.682. The predicted octanol–water partition coefficient (Wildman–Crippen LogP) is 2.46. The summed E-state index contributed by atoms with van der Waals surface area (Å²) in [6.45, 7) is 4.83. The lowest BCUT2D eigenvalue weighted by atomic mass is 10.2. The number of halogens is 2. The molecule has 96 valence electrons. The molecule has 1 aromatic carbocycles. The Bertz CT molecular complexity index is 369. The summed E-state index contributed by atoms with van der Waals surface area (Å²) in [6, 6.07) is 7.04. The Morgan fingerprint density at radius 3 is 2.65 bits per heavy atom. The average molecular weight is 277 g/mol. The van der Waals surface area contributed by atoms with Crippen molar-refractivity contribution in [1.29, 1.82) is 0 Å². The molecule has 5 heteroatoms. The molecule has 0 saturated heterocycles. The summed E-state index contributed by atoms with van der Waals surface area (Å²) in [6.07, 6.45) is 0. The van der Waals surface area contributed by atoms with Gasteiger partial charge in [0.05, 0.1) is 6.04 Å². The Hall–Kier alpha value is -0.770. The maximum absolute atomic E-state index is 11.7. The van der Waals surface area contributed by atoms with Gasteiger partial charge in [-0.3, -0.25) is 4.79 Å². The Balaban J connectivity index is 0.00000256. The zero-order valence-electron chi connectivity index (χ0n) is 10.0. The fraction of sp³-hybridized carbons (Fsp3) is 0.417. The number of nitrogens with zero attached hydrogens (tertiary/aromatic N) is 1. The molecule has 0 saturated carbocycles. The maximum Gasteiger partial charge on any atom is 0.239 e. The zero-order valence-corrected chi connectivity index (χ0v) is 11.6. The molecule has 0 unspecified atom stereocenters. The highest BCUT2D eigenvalue weighted by molar-refractivity contribution is 6.30. The second kappa shape index (κ2) is 7.54. The van der Waals surface area contributed by atoms with Gasteiger partial charge in [0, 0.05) is 18.1 Å². The van der Waals surface area contributed by atoms with Gasteiger partial charge in [0.2, 0.25) is 5.91 Å². The minimum Gasteiger partial charge on any atom is -0.337 e. The summed E-state index contributed by atoms with van der Waals surface area (Å²) in [5.74, 6) is -0.0394. The molecule has 1 aromatic rings. The van der Waals surface area contributed by atoms with Crippen molar-refractivity contribution in [3.63, 3.8) is 0 Å². The molecule has 0 fully saturated rings. The van der Waals surface area contributed by atoms with Gasteiger partial charge in [-0.1, -0.05) is 23.7 Å². The van der Waals surface area contributed by atoms with Crippen molar-refractivity contribution in [3.8, 4) is 0 Å². The van der Waals surface area contributed by atoms with Crippen LogP contribution in [0.2, 0.25) is 5.02 Å². The minimum absolute atomic E-state index is 0. The molecule has 0 spiro atoms. The molecular formula is C12H18Cl2N2O. The van der Waals surface area contributed by atoms with E-state index in [1.807, 2.05) is 31.2 Å². The summed E-state index contributed by atoms with van der Waals surface area (Å²) < 4.78 is 0. The first-order valence-electron chi connectivity index (χ1n) is 5.33. The SMILES string of the molecule is CCN(Cc1cccc(Cl)c1)C(=O)[C@@H](C)N.Cl. The van der Waals surface area contributed by atoms with Gasteiger partial charge in [0.1, 0.15) is 0 Å². The third-order valence-corrected chi connectivity index (χ3v) is 2.58. The number of likely N-dealkylation sites (N-methyl/N-ethyl adjacent to an activating group) is 1. The molecule has 0 bridgehead atoms. The molecule has 1 rings (SSSR count). The van der Waals surface area contributed by atoms with E-state index in [9.17, 15) is 4.79 Å². The molecule has 0 radical (unpaired) electrons. The molecule has 0 aliphatic heterocycles. The number of nitrogens with two attached hydrogens (primary N) is 1. The Labute approximate surface area is 113 Å². The van der Waals surface area contributed by atoms with E-state index >= 15 is 0 Å². The molecule has 1 atom stereocenters. The van der Waals surface area contributed by atoms with Gasteiger partial charge in [-0.15, -0.1) is 12.4 Å². The van der Waals surface area contributed by atoms with Crippen molar-refractivity contribution in [2.45, 2.75) is 26.4 Å². The van der Waals surface area contributed by atoms with Gasteiger partial charge in [-0.05, 0) is 31.5 Å². The second-order valence-corrected chi connectivity index (χ2v) is 4.21. The van der Waals surface area contributed by atoms with Crippen molar-refractivity contribution in [1.82, 2.24) is 4.90 Å². The van der Waals surface area contributed by atoms with E-state index in [0.717, 1.165) is 5.56 Å². The monoisotopic (exact) mass is 276 g/mol. The van der Waals surface area contributed by atoms with E-state index in [-0.39, 0.29) is 18.3 Å². The van der Waals surface area contributed by atoms with Crippen LogP contribution in [0.4, 0.5) is 0 Å². The Morgan fingerprint density at radius 1 is 1.53 bits per heavy atom. The van der Waals surface area contributed by atoms with Crippen LogP contribution in [0.25, 0.3) is 0 Å². The summed E-state index contributed by atoms with van der Waals surface area (Å²) in [4.78, 5) is 13.4. The van der Waals surface area contributed by atoms with Gasteiger partial charge < -0.3 is 10.6 Å². The fourth-order valence-electron chi connectivity index (χ4n) is 1.49. The highest BCUT2D eigenvalue weighted by Gasteiger charge is 2.15. The lowest BCUT2D eigenvalue weighted by Gasteiger charge is -2.22. The molecule has 17 heavy (non-hydrogen) atoms. The van der Waals surface area contributed by atoms with E-state index in [4.69, 9.17) is 17.3 Å². The molecule has 2 N–H and O–H groups in total. The van der Waals surface area contributed by atoms with Crippen LogP contribution >= 0.6 is 24.0 Å². The second-order valence-electron chi connectivity index (χ2n) is 3.77. The number of amides is 1. The number of hydrogen-bond donors (Lipinski definition) is 1. The summed E-state index contributed by atoms with van der Waals surface area (Å²) in [7, 11) is 0. The molecule has 0 aromatic heterocycles. The summed E-state index contributed by atoms with van der Waals surface area (Å²) in [5.41, 5.74) is 6.60. The van der Waals surface area contributed by atoms with Crippen LogP contribution < -0.4 is 5.73 Å². The van der Waals surface area contributed by atoms with Gasteiger partial charge in [-0.25, -0.2) is 0 Å². The van der Waals surface area contributed by atoms with Gasteiger partial charge in [0.25, 0.3) is 0 Å². The van der Waals surface area contributed by atoms with E-state index < -0.39 is 6.04 Å². The van der Waals surface area contributed by atoms with Crippen LogP contribution in [0.5, 0.6) is 0 Å². The highest BCUT2D eigenvalue weighted by atomic mass is 35.5. The van der Waals surface area contributed by atoms with E-state index in [2.05, 4.69) is 0 Å². The van der Waals surface area contributed by atoms with Crippen LogP contribution in [-0.2, 0) is 11.3 Å². The smallest absolute Gasteiger partial charge is 0.239 e. The number of carbonyl (C=O) groups excluding carboxylic acids is 1. The first-order valence-corrected chi connectivity index (χ1v) is 5.71. The van der Waals surface area contributed by atoms with E-state index in [1.54, 1.807) is 11.8 Å². The molecule has 1 amide bonds. The van der Waals surface area contributed by atoms with E-state index in [0.29, 0.717) is 18.1 Å². The zero-order chi connectivity index (χ0) is 12.1. The molecule has 3 nitrogen and oxygen atoms in total. The highest BCUT2D eigenvalue weighted by Crippen LogP contribution is 2.13. The minimum atomic E-state index is -0.459. The van der Waals surface area contributed by atoms with Crippen molar-refractivity contribution in [2.75, 3.05) is 6.54 Å². The van der Waals surface area contributed by atoms with Crippen molar-refractivity contribution in [3.05, 3.63) is 34.9 Å². The quantitative estimate of drug-likeness (QED) is 0.918. The molecule has 0 aliphatic carbocycles. The van der Waals surface area contributed by atoms with Gasteiger partial charge in [0.15, 0.2) is 0 Å². The lowest BCUT2D eigenvalue weighted by molar-refractivity contribution is -0.132. The Kier molecular flexibility index (Phi) is 7.19.